The maximum atomic E-state index is 13.0. The van der Waals surface area contributed by atoms with Crippen molar-refractivity contribution in [2.45, 2.75) is 56.5 Å². The Labute approximate surface area is 167 Å². The summed E-state index contributed by atoms with van der Waals surface area (Å²) in [4.78, 5) is 24.0. The molecule has 0 radical (unpaired) electrons. The van der Waals surface area contributed by atoms with Gasteiger partial charge in [-0.1, -0.05) is 18.6 Å². The summed E-state index contributed by atoms with van der Waals surface area (Å²) in [5, 5.41) is 2.76. The van der Waals surface area contributed by atoms with E-state index < -0.39 is 21.6 Å². The molecule has 1 heterocycles. The fourth-order valence-electron chi connectivity index (χ4n) is 2.88. The molecule has 152 valence electrons. The highest BCUT2D eigenvalue weighted by Gasteiger charge is 2.37. The van der Waals surface area contributed by atoms with Gasteiger partial charge in [0.15, 0.2) is 5.78 Å². The molecule has 9 heteroatoms. The van der Waals surface area contributed by atoms with E-state index in [9.17, 15) is 18.0 Å². The lowest BCUT2D eigenvalue weighted by molar-refractivity contribution is -0.125. The predicted molar refractivity (Wildman–Crippen MR) is 107 cm³/mol. The highest BCUT2D eigenvalue weighted by Crippen LogP contribution is 2.26. The number of hydrogen-bond acceptors (Lipinski definition) is 5. The van der Waals surface area contributed by atoms with Crippen LogP contribution in [0.5, 0.6) is 0 Å². The first-order valence-electron chi connectivity index (χ1n) is 8.72. The van der Waals surface area contributed by atoms with Crippen molar-refractivity contribution in [3.63, 3.8) is 0 Å². The smallest absolute Gasteiger partial charge is 0.243 e. The number of halogens is 1. The minimum atomic E-state index is -3.82. The molecule has 0 aromatic heterocycles. The Morgan fingerprint density at radius 1 is 1.22 bits per heavy atom. The first kappa shape index (κ1) is 23.6. The average Bonchev–Trinajstić information content (AvgIpc) is 2.59. The number of carbonyl (C=O) groups is 2. The topological polar surface area (TPSA) is 110 Å². The maximum absolute atomic E-state index is 13.0. The number of carbonyl (C=O) groups excluding carboxylic acids is 2. The zero-order valence-corrected chi connectivity index (χ0v) is 17.5. The monoisotopic (exact) mass is 417 g/mol. The van der Waals surface area contributed by atoms with Crippen LogP contribution in [-0.2, 0) is 14.8 Å². The Bertz CT molecular complexity index is 773. The molecule has 1 aliphatic heterocycles. The molecule has 1 aliphatic rings. The van der Waals surface area contributed by atoms with Crippen LogP contribution >= 0.6 is 12.4 Å². The summed E-state index contributed by atoms with van der Waals surface area (Å²) in [6.07, 6.45) is 1.97. The molecule has 0 spiro atoms. The van der Waals surface area contributed by atoms with Gasteiger partial charge in [0.25, 0.3) is 0 Å². The van der Waals surface area contributed by atoms with Crippen LogP contribution < -0.4 is 11.1 Å². The second-order valence-corrected chi connectivity index (χ2v) is 9.30. The van der Waals surface area contributed by atoms with Gasteiger partial charge in [-0.25, -0.2) is 8.42 Å². The SMILES string of the molecule is CC(=O)c1ccc(S(=O)(=O)N2CCCCC2C(=O)NCC(C)(C)N)cc1.Cl. The van der Waals surface area contributed by atoms with Crippen molar-refractivity contribution in [1.82, 2.24) is 9.62 Å². The van der Waals surface area contributed by atoms with Crippen molar-refractivity contribution in [1.29, 1.82) is 0 Å². The van der Waals surface area contributed by atoms with E-state index >= 15 is 0 Å². The van der Waals surface area contributed by atoms with Crippen LogP contribution in [0, 0.1) is 0 Å². The molecule has 1 saturated heterocycles. The van der Waals surface area contributed by atoms with Gasteiger partial charge in [-0.2, -0.15) is 4.31 Å². The van der Waals surface area contributed by atoms with E-state index in [0.29, 0.717) is 24.9 Å². The van der Waals surface area contributed by atoms with Gasteiger partial charge in [-0.05, 0) is 45.7 Å². The summed E-state index contributed by atoms with van der Waals surface area (Å²) < 4.78 is 27.3. The largest absolute Gasteiger partial charge is 0.353 e. The van der Waals surface area contributed by atoms with Crippen LogP contribution in [-0.4, -0.2) is 49.1 Å². The van der Waals surface area contributed by atoms with E-state index in [2.05, 4.69) is 5.32 Å². The number of Topliss-reactive ketones (excluding diaryl/α,β-unsaturated/α-hetero) is 1. The number of ketones is 1. The second-order valence-electron chi connectivity index (χ2n) is 7.41. The third-order valence-corrected chi connectivity index (χ3v) is 6.26. The highest BCUT2D eigenvalue weighted by atomic mass is 35.5. The normalized spacial score (nSPS) is 18.4. The number of sulfonamides is 1. The van der Waals surface area contributed by atoms with Crippen molar-refractivity contribution < 1.29 is 18.0 Å². The third kappa shape index (κ3) is 6.00. The molecule has 0 aliphatic carbocycles. The van der Waals surface area contributed by atoms with Gasteiger partial charge >= 0.3 is 0 Å². The summed E-state index contributed by atoms with van der Waals surface area (Å²) in [7, 11) is -3.82. The van der Waals surface area contributed by atoms with E-state index in [-0.39, 0.29) is 35.5 Å². The number of piperidine rings is 1. The molecule has 1 amide bonds. The van der Waals surface area contributed by atoms with Gasteiger partial charge in [-0.3, -0.25) is 9.59 Å². The van der Waals surface area contributed by atoms with Gasteiger partial charge in [0.2, 0.25) is 15.9 Å². The number of hydrogen-bond donors (Lipinski definition) is 2. The number of benzene rings is 1. The van der Waals surface area contributed by atoms with Crippen LogP contribution in [0.1, 0.15) is 50.4 Å². The average molecular weight is 418 g/mol. The number of amides is 1. The fraction of sp³-hybridized carbons (Fsp3) is 0.556. The van der Waals surface area contributed by atoms with Crippen molar-refractivity contribution in [2.75, 3.05) is 13.1 Å². The summed E-state index contributed by atoms with van der Waals surface area (Å²) in [5.41, 5.74) is 5.76. The first-order chi connectivity index (χ1) is 12.0. The molecule has 7 nitrogen and oxygen atoms in total. The molecule has 0 saturated carbocycles. The molecular formula is C18H28ClN3O4S. The summed E-state index contributed by atoms with van der Waals surface area (Å²) in [6.45, 7) is 5.57. The second kappa shape index (κ2) is 9.14. The molecule has 1 aromatic rings. The van der Waals surface area contributed by atoms with E-state index in [0.717, 1.165) is 6.42 Å². The molecule has 1 atom stereocenters. The van der Waals surface area contributed by atoms with Crippen LogP contribution in [0.15, 0.2) is 29.2 Å². The number of nitrogens with zero attached hydrogens (tertiary/aromatic N) is 1. The molecule has 1 unspecified atom stereocenters. The Hall–Kier alpha value is -1.48. The van der Waals surface area contributed by atoms with E-state index in [4.69, 9.17) is 5.73 Å². The van der Waals surface area contributed by atoms with Gasteiger partial charge < -0.3 is 11.1 Å². The Morgan fingerprint density at radius 2 is 1.81 bits per heavy atom. The summed E-state index contributed by atoms with van der Waals surface area (Å²) in [6, 6.07) is 5.07. The van der Waals surface area contributed by atoms with Crippen LogP contribution in [0.2, 0.25) is 0 Å². The van der Waals surface area contributed by atoms with Crippen LogP contribution in [0.4, 0.5) is 0 Å². The minimum Gasteiger partial charge on any atom is -0.353 e. The minimum absolute atomic E-state index is 0. The lowest BCUT2D eigenvalue weighted by Gasteiger charge is -2.34. The maximum Gasteiger partial charge on any atom is 0.243 e. The zero-order chi connectivity index (χ0) is 19.5. The lowest BCUT2D eigenvalue weighted by Crippen LogP contribution is -2.54. The van der Waals surface area contributed by atoms with Crippen molar-refractivity contribution in [3.8, 4) is 0 Å². The van der Waals surface area contributed by atoms with Crippen LogP contribution in [0.3, 0.4) is 0 Å². The number of nitrogens with two attached hydrogens (primary N) is 1. The van der Waals surface area contributed by atoms with E-state index in [1.165, 1.54) is 35.5 Å². The van der Waals surface area contributed by atoms with Gasteiger partial charge in [0, 0.05) is 24.2 Å². The molecule has 27 heavy (non-hydrogen) atoms. The molecule has 3 N–H and O–H groups in total. The predicted octanol–water partition coefficient (Wildman–Crippen LogP) is 1.71. The Kier molecular flexibility index (Phi) is 7.98. The molecule has 1 aromatic carbocycles. The molecular weight excluding hydrogens is 390 g/mol. The Morgan fingerprint density at radius 3 is 2.33 bits per heavy atom. The lowest BCUT2D eigenvalue weighted by atomic mass is 10.0. The quantitative estimate of drug-likeness (QED) is 0.684. The van der Waals surface area contributed by atoms with E-state index in [1.54, 1.807) is 13.8 Å². The zero-order valence-electron chi connectivity index (χ0n) is 15.9. The van der Waals surface area contributed by atoms with E-state index in [1.807, 2.05) is 0 Å². The first-order valence-corrected chi connectivity index (χ1v) is 10.2. The van der Waals surface area contributed by atoms with Crippen LogP contribution in [0.25, 0.3) is 0 Å². The molecule has 1 fully saturated rings. The highest BCUT2D eigenvalue weighted by molar-refractivity contribution is 7.89. The standard InChI is InChI=1S/C18H27N3O4S.ClH/c1-13(22)14-7-9-15(10-8-14)26(24,25)21-11-5-4-6-16(21)17(23)20-12-18(2,3)19;/h7-10,16H,4-6,11-12,19H2,1-3H3,(H,20,23);1H. The summed E-state index contributed by atoms with van der Waals surface area (Å²) in [5.74, 6) is -0.458. The summed E-state index contributed by atoms with van der Waals surface area (Å²) >= 11 is 0. The molecule has 2 rings (SSSR count). The van der Waals surface area contributed by atoms with Crippen molar-refractivity contribution in [3.05, 3.63) is 29.8 Å². The van der Waals surface area contributed by atoms with Gasteiger partial charge in [0.05, 0.1) is 4.90 Å². The third-order valence-electron chi connectivity index (χ3n) is 4.34. The fourth-order valence-corrected chi connectivity index (χ4v) is 4.54. The number of nitrogens with one attached hydrogen (secondary N) is 1. The Balaban J connectivity index is 0.00000364. The van der Waals surface area contributed by atoms with Crippen molar-refractivity contribution in [2.24, 2.45) is 5.73 Å². The molecule has 0 bridgehead atoms. The number of rotatable bonds is 6. The van der Waals surface area contributed by atoms with Gasteiger partial charge in [0.1, 0.15) is 6.04 Å². The van der Waals surface area contributed by atoms with Crippen molar-refractivity contribution >= 4 is 34.1 Å². The van der Waals surface area contributed by atoms with Gasteiger partial charge in [-0.15, -0.1) is 12.4 Å².